The van der Waals surface area contributed by atoms with E-state index in [1.165, 1.54) is 12.1 Å². The van der Waals surface area contributed by atoms with Gasteiger partial charge >= 0.3 is 0 Å². The van der Waals surface area contributed by atoms with Gasteiger partial charge < -0.3 is 10.3 Å². The second-order valence-corrected chi connectivity index (χ2v) is 4.26. The number of anilines is 1. The van der Waals surface area contributed by atoms with Crippen LogP contribution in [0.1, 0.15) is 0 Å². The lowest BCUT2D eigenvalue weighted by Crippen LogP contribution is -1.89. The van der Waals surface area contributed by atoms with E-state index in [1.807, 2.05) is 35.0 Å². The maximum absolute atomic E-state index is 12.9. The molecule has 0 aliphatic rings. The van der Waals surface area contributed by atoms with Gasteiger partial charge in [0.15, 0.2) is 0 Å². The second-order valence-electron chi connectivity index (χ2n) is 4.26. The highest BCUT2D eigenvalue weighted by Crippen LogP contribution is 2.20. The molecule has 0 saturated heterocycles. The van der Waals surface area contributed by atoms with Crippen LogP contribution in [0, 0.1) is 5.82 Å². The maximum atomic E-state index is 12.9. The molecule has 0 aliphatic heterocycles. The molecule has 0 bridgehead atoms. The fourth-order valence-corrected chi connectivity index (χ4v) is 1.88. The molecule has 0 aliphatic carbocycles. The number of imidazole rings is 1. The molecule has 4 heteroatoms. The summed E-state index contributed by atoms with van der Waals surface area (Å²) in [5.41, 5.74) is 9.10. The summed E-state index contributed by atoms with van der Waals surface area (Å²) in [7, 11) is 0. The lowest BCUT2D eigenvalue weighted by molar-refractivity contribution is 0.627. The van der Waals surface area contributed by atoms with E-state index in [9.17, 15) is 4.39 Å². The molecule has 3 aromatic rings. The zero-order chi connectivity index (χ0) is 13.2. The summed E-state index contributed by atoms with van der Waals surface area (Å²) in [5.74, 6) is -0.248. The summed E-state index contributed by atoms with van der Waals surface area (Å²) in [6.45, 7) is 0. The van der Waals surface area contributed by atoms with E-state index >= 15 is 0 Å². The molecule has 3 nitrogen and oxygen atoms in total. The van der Waals surface area contributed by atoms with Crippen molar-refractivity contribution in [2.24, 2.45) is 0 Å². The van der Waals surface area contributed by atoms with Gasteiger partial charge in [-0.15, -0.1) is 0 Å². The van der Waals surface area contributed by atoms with E-state index in [0.29, 0.717) is 0 Å². The van der Waals surface area contributed by atoms with Crippen molar-refractivity contribution >= 4 is 5.69 Å². The molecular formula is C15H12FN3. The van der Waals surface area contributed by atoms with Crippen LogP contribution in [0.3, 0.4) is 0 Å². The van der Waals surface area contributed by atoms with E-state index < -0.39 is 0 Å². The summed E-state index contributed by atoms with van der Waals surface area (Å²) in [5, 5.41) is 0. The van der Waals surface area contributed by atoms with Crippen molar-refractivity contribution in [1.29, 1.82) is 0 Å². The van der Waals surface area contributed by atoms with Crippen LogP contribution in [0.4, 0.5) is 10.1 Å². The average molecular weight is 253 g/mol. The Bertz CT molecular complexity index is 624. The van der Waals surface area contributed by atoms with Gasteiger partial charge in [-0.3, -0.25) is 0 Å². The number of nitrogens with zero attached hydrogens (tertiary/aromatic N) is 2. The standard InChI is InChI=1S/C15H12FN3/c16-12-3-7-14(8-4-12)19-9-15(18-10-19)11-1-5-13(17)6-2-11/h1-10H,17H2. The van der Waals surface area contributed by atoms with Gasteiger partial charge in [0, 0.05) is 23.1 Å². The lowest BCUT2D eigenvalue weighted by atomic mass is 10.1. The summed E-state index contributed by atoms with van der Waals surface area (Å²) in [6, 6.07) is 13.8. The second kappa shape index (κ2) is 4.57. The lowest BCUT2D eigenvalue weighted by Gasteiger charge is -2.01. The minimum absolute atomic E-state index is 0.248. The van der Waals surface area contributed by atoms with E-state index in [2.05, 4.69) is 4.98 Å². The highest BCUT2D eigenvalue weighted by Gasteiger charge is 2.03. The number of rotatable bonds is 2. The van der Waals surface area contributed by atoms with Crippen LogP contribution < -0.4 is 5.73 Å². The minimum atomic E-state index is -0.248. The Morgan fingerprint density at radius 1 is 0.947 bits per heavy atom. The minimum Gasteiger partial charge on any atom is -0.399 e. The Labute approximate surface area is 110 Å². The SMILES string of the molecule is Nc1ccc(-c2cn(-c3ccc(F)cc3)cn2)cc1. The van der Waals surface area contributed by atoms with E-state index in [1.54, 1.807) is 18.5 Å². The van der Waals surface area contributed by atoms with Crippen LogP contribution in [-0.2, 0) is 0 Å². The van der Waals surface area contributed by atoms with Crippen LogP contribution >= 0.6 is 0 Å². The van der Waals surface area contributed by atoms with Crippen LogP contribution in [0.25, 0.3) is 16.9 Å². The van der Waals surface area contributed by atoms with Gasteiger partial charge in [-0.05, 0) is 36.4 Å². The molecule has 2 aromatic carbocycles. The van der Waals surface area contributed by atoms with Crippen LogP contribution in [0.5, 0.6) is 0 Å². The Morgan fingerprint density at radius 2 is 1.63 bits per heavy atom. The van der Waals surface area contributed by atoms with Crippen LogP contribution in [-0.4, -0.2) is 9.55 Å². The molecule has 1 aromatic heterocycles. The van der Waals surface area contributed by atoms with Crippen LogP contribution in [0.2, 0.25) is 0 Å². The summed E-state index contributed by atoms with van der Waals surface area (Å²) in [6.07, 6.45) is 3.61. The van der Waals surface area contributed by atoms with E-state index in [0.717, 1.165) is 22.6 Å². The third-order valence-corrected chi connectivity index (χ3v) is 2.91. The van der Waals surface area contributed by atoms with E-state index in [-0.39, 0.29) is 5.82 Å². The molecule has 2 N–H and O–H groups in total. The summed E-state index contributed by atoms with van der Waals surface area (Å²) < 4.78 is 14.7. The highest BCUT2D eigenvalue weighted by atomic mass is 19.1. The number of nitrogen functional groups attached to an aromatic ring is 1. The molecule has 0 radical (unpaired) electrons. The van der Waals surface area contributed by atoms with Gasteiger partial charge in [-0.25, -0.2) is 9.37 Å². The number of hydrogen-bond donors (Lipinski definition) is 1. The first-order valence-electron chi connectivity index (χ1n) is 5.88. The van der Waals surface area contributed by atoms with E-state index in [4.69, 9.17) is 5.73 Å². The van der Waals surface area contributed by atoms with Crippen molar-refractivity contribution in [1.82, 2.24) is 9.55 Å². The molecule has 0 fully saturated rings. The van der Waals surface area contributed by atoms with Gasteiger partial charge in [0.25, 0.3) is 0 Å². The Hall–Kier alpha value is -2.62. The quantitative estimate of drug-likeness (QED) is 0.712. The molecule has 94 valence electrons. The Balaban J connectivity index is 1.95. The molecule has 0 spiro atoms. The Kier molecular flexibility index (Phi) is 2.76. The molecule has 0 atom stereocenters. The number of hydrogen-bond acceptors (Lipinski definition) is 2. The highest BCUT2D eigenvalue weighted by molar-refractivity contribution is 5.61. The largest absolute Gasteiger partial charge is 0.399 e. The van der Waals surface area contributed by atoms with Crippen molar-refractivity contribution < 1.29 is 4.39 Å². The van der Waals surface area contributed by atoms with Crippen molar-refractivity contribution in [2.45, 2.75) is 0 Å². The fourth-order valence-electron chi connectivity index (χ4n) is 1.88. The molecule has 0 unspecified atom stereocenters. The molecular weight excluding hydrogens is 241 g/mol. The fraction of sp³-hybridized carbons (Fsp3) is 0. The van der Waals surface area contributed by atoms with Gasteiger partial charge in [-0.1, -0.05) is 12.1 Å². The number of halogens is 1. The smallest absolute Gasteiger partial charge is 0.123 e. The topological polar surface area (TPSA) is 43.8 Å². The number of benzene rings is 2. The van der Waals surface area contributed by atoms with Crippen LogP contribution in [0.15, 0.2) is 61.1 Å². The maximum Gasteiger partial charge on any atom is 0.123 e. The molecule has 0 saturated carbocycles. The molecule has 1 heterocycles. The third-order valence-electron chi connectivity index (χ3n) is 2.91. The predicted octanol–water partition coefficient (Wildman–Crippen LogP) is 3.26. The molecule has 3 rings (SSSR count). The van der Waals surface area contributed by atoms with Gasteiger partial charge in [-0.2, -0.15) is 0 Å². The number of nitrogens with two attached hydrogens (primary N) is 1. The monoisotopic (exact) mass is 253 g/mol. The molecule has 0 amide bonds. The van der Waals surface area contributed by atoms with Crippen molar-refractivity contribution in [3.8, 4) is 16.9 Å². The zero-order valence-electron chi connectivity index (χ0n) is 10.1. The van der Waals surface area contributed by atoms with Crippen molar-refractivity contribution in [3.63, 3.8) is 0 Å². The van der Waals surface area contributed by atoms with Crippen molar-refractivity contribution in [2.75, 3.05) is 5.73 Å². The number of aromatic nitrogens is 2. The predicted molar refractivity (Wildman–Crippen MR) is 73.4 cm³/mol. The first-order chi connectivity index (χ1) is 9.22. The first kappa shape index (κ1) is 11.5. The van der Waals surface area contributed by atoms with Gasteiger partial charge in [0.2, 0.25) is 0 Å². The Morgan fingerprint density at radius 3 is 2.32 bits per heavy atom. The first-order valence-corrected chi connectivity index (χ1v) is 5.88. The normalized spacial score (nSPS) is 10.6. The molecule has 19 heavy (non-hydrogen) atoms. The van der Waals surface area contributed by atoms with Crippen molar-refractivity contribution in [3.05, 3.63) is 66.9 Å². The van der Waals surface area contributed by atoms with Gasteiger partial charge in [0.05, 0.1) is 12.0 Å². The zero-order valence-corrected chi connectivity index (χ0v) is 10.1. The summed E-state index contributed by atoms with van der Waals surface area (Å²) in [4.78, 5) is 4.34. The summed E-state index contributed by atoms with van der Waals surface area (Å²) >= 11 is 0. The van der Waals surface area contributed by atoms with Gasteiger partial charge in [0.1, 0.15) is 5.82 Å². The average Bonchev–Trinajstić information content (AvgIpc) is 2.90. The third kappa shape index (κ3) is 2.33.